The third kappa shape index (κ3) is 7.00. The number of alkyl halides is 6. The molecule has 2 N–H and O–H groups in total. The Labute approximate surface area is 287 Å². The van der Waals surface area contributed by atoms with Gasteiger partial charge in [-0.3, -0.25) is 9.59 Å². The third-order valence-electron chi connectivity index (χ3n) is 9.39. The minimum Gasteiger partial charge on any atom is -0.504 e. The van der Waals surface area contributed by atoms with Gasteiger partial charge in [-0.15, -0.1) is 0 Å². The summed E-state index contributed by atoms with van der Waals surface area (Å²) in [7, 11) is 0.149. The Morgan fingerprint density at radius 2 is 1.69 bits per heavy atom. The highest BCUT2D eigenvalue weighted by atomic mass is 127. The number of phenols is 1. The lowest BCUT2D eigenvalue weighted by Gasteiger charge is -2.43. The lowest BCUT2D eigenvalue weighted by molar-refractivity contribution is -0.143. The van der Waals surface area contributed by atoms with E-state index >= 15 is 0 Å². The number of ether oxygens (including phenoxy) is 1. The molecule has 0 bridgehead atoms. The number of rotatable bonds is 8. The molecule has 3 aliphatic rings. The molecule has 2 saturated heterocycles. The van der Waals surface area contributed by atoms with Crippen LogP contribution in [0.25, 0.3) is 6.08 Å². The fourth-order valence-electron chi connectivity index (χ4n) is 7.16. The smallest absolute Gasteiger partial charge is 0.455 e. The fraction of sp³-hybridized carbons (Fsp3) is 0.455. The number of anilines is 1. The summed E-state index contributed by atoms with van der Waals surface area (Å²) in [5, 5.41) is 21.0. The van der Waals surface area contributed by atoms with E-state index in [0.29, 0.717) is 52.0 Å². The van der Waals surface area contributed by atoms with Crippen LogP contribution in [0, 0.1) is 21.3 Å². The molecule has 0 unspecified atom stereocenters. The molecular formula is C33H33BF6INO6. The Balaban J connectivity index is 1.46. The first-order valence-electron chi connectivity index (χ1n) is 15.5. The number of methoxy groups -OCH3 is 1. The van der Waals surface area contributed by atoms with Crippen molar-refractivity contribution in [3.05, 3.63) is 67.3 Å². The van der Waals surface area contributed by atoms with Crippen LogP contribution in [-0.4, -0.2) is 42.3 Å². The molecule has 2 amide bonds. The number of hydrogen-bond donors (Lipinski definition) is 2. The van der Waals surface area contributed by atoms with Crippen LogP contribution in [0.4, 0.5) is 32.0 Å². The average Bonchev–Trinajstić information content (AvgIpc) is 3.27. The number of imide groups is 1. The van der Waals surface area contributed by atoms with Crippen LogP contribution in [0.1, 0.15) is 62.6 Å². The highest BCUT2D eigenvalue weighted by Crippen LogP contribution is 2.52. The van der Waals surface area contributed by atoms with E-state index in [2.05, 4.69) is 0 Å². The summed E-state index contributed by atoms with van der Waals surface area (Å²) in [6, 6.07) is 4.25. The standard InChI is InChI=1S/C33H33BF6INO6/c1-4-16(8-17-9-24(41)29(43)26(10-17)47-3)6-7-25-27-18(5-2)11-22-28(23(27)15-34(46)48-25)31(45)42(30(22)44)21-13-19(32(35,36)37)12-20(14-21)33(38,39)40/h8-10,12-14,22-23,25,28,43,46H,4-7,11,15H2,1-3H3/b16-8+/t22-,23+,25-,28-/m1/s1. The monoisotopic (exact) mass is 791 g/mol. The van der Waals surface area contributed by atoms with Crippen molar-refractivity contribution in [1.29, 1.82) is 0 Å². The van der Waals surface area contributed by atoms with Gasteiger partial charge in [0.1, 0.15) is 0 Å². The maximum absolute atomic E-state index is 13.9. The predicted molar refractivity (Wildman–Crippen MR) is 174 cm³/mol. The second kappa shape index (κ2) is 13.7. The number of halogens is 7. The third-order valence-corrected chi connectivity index (χ3v) is 10.2. The fourth-order valence-corrected chi connectivity index (χ4v) is 7.79. The van der Waals surface area contributed by atoms with Crippen molar-refractivity contribution in [2.75, 3.05) is 12.0 Å². The minimum atomic E-state index is -5.16. The van der Waals surface area contributed by atoms with E-state index in [-0.39, 0.29) is 24.6 Å². The predicted octanol–water partition coefficient (Wildman–Crippen LogP) is 8.03. The van der Waals surface area contributed by atoms with E-state index in [0.717, 1.165) is 22.3 Å². The molecule has 2 fully saturated rings. The molecular weight excluding hydrogens is 758 g/mol. The Kier molecular flexibility index (Phi) is 10.3. The van der Waals surface area contributed by atoms with Crippen molar-refractivity contribution in [2.24, 2.45) is 17.8 Å². The lowest BCUT2D eigenvalue weighted by atomic mass is 9.58. The largest absolute Gasteiger partial charge is 0.504 e. The van der Waals surface area contributed by atoms with Gasteiger partial charge >= 0.3 is 19.5 Å². The van der Waals surface area contributed by atoms with Crippen molar-refractivity contribution < 1.29 is 55.5 Å². The SMILES string of the molecule is CCC1=C2[C@@H](CC/C(=C/c3cc(I)c(O)c(OC)c3)CC)OB(O)C[C@@H]2[C@@H]2C(=O)N(c3cc(C(F)(F)F)cc(C(F)(F)F)c3)C(=O)[C@@H]2C1. The number of nitrogens with zero attached hydrogens (tertiary/aromatic N) is 1. The van der Waals surface area contributed by atoms with Crippen LogP contribution < -0.4 is 9.64 Å². The van der Waals surface area contributed by atoms with E-state index in [9.17, 15) is 46.1 Å². The topological polar surface area (TPSA) is 96.3 Å². The molecule has 2 heterocycles. The maximum atomic E-state index is 13.9. The molecule has 0 radical (unpaired) electrons. The molecule has 0 spiro atoms. The number of phenolic OH excluding ortho intramolecular Hbond substituents is 1. The zero-order valence-corrected chi connectivity index (χ0v) is 28.4. The van der Waals surface area contributed by atoms with Gasteiger partial charge in [0.15, 0.2) is 11.5 Å². The number of carbonyl (C=O) groups is 2. The maximum Gasteiger partial charge on any atom is 0.455 e. The van der Waals surface area contributed by atoms with Crippen molar-refractivity contribution in [2.45, 2.75) is 70.7 Å². The molecule has 48 heavy (non-hydrogen) atoms. The molecule has 7 nitrogen and oxygen atoms in total. The molecule has 2 aromatic rings. The van der Waals surface area contributed by atoms with Crippen molar-refractivity contribution in [3.8, 4) is 11.5 Å². The van der Waals surface area contributed by atoms with Crippen LogP contribution in [-0.2, 0) is 26.6 Å². The number of allylic oxidation sites excluding steroid dienone is 2. The molecule has 5 rings (SSSR count). The second-order valence-corrected chi connectivity index (χ2v) is 13.4. The number of amides is 2. The Bertz CT molecular complexity index is 1640. The summed E-state index contributed by atoms with van der Waals surface area (Å²) in [5.74, 6) is -4.19. The first-order chi connectivity index (χ1) is 22.5. The van der Waals surface area contributed by atoms with Gasteiger partial charge in [0, 0.05) is 0 Å². The van der Waals surface area contributed by atoms with Gasteiger partial charge in [-0.25, -0.2) is 4.90 Å². The normalized spacial score (nSPS) is 23.5. The van der Waals surface area contributed by atoms with Gasteiger partial charge in [-0.05, 0) is 108 Å². The Morgan fingerprint density at radius 3 is 2.25 bits per heavy atom. The van der Waals surface area contributed by atoms with Crippen LogP contribution in [0.3, 0.4) is 0 Å². The van der Waals surface area contributed by atoms with Gasteiger partial charge in [0.25, 0.3) is 0 Å². The summed E-state index contributed by atoms with van der Waals surface area (Å²) in [5.41, 5.74) is -0.640. The zero-order valence-electron chi connectivity index (χ0n) is 26.2. The first kappa shape index (κ1) is 36.2. The summed E-state index contributed by atoms with van der Waals surface area (Å²) in [6.07, 6.45) is -6.87. The van der Waals surface area contributed by atoms with Gasteiger partial charge in [0.2, 0.25) is 11.8 Å². The number of carbonyl (C=O) groups excluding carboxylic acids is 2. The van der Waals surface area contributed by atoms with E-state index in [1.165, 1.54) is 7.11 Å². The van der Waals surface area contributed by atoms with Crippen molar-refractivity contribution >= 4 is 53.3 Å². The van der Waals surface area contributed by atoms with Gasteiger partial charge in [-0.2, -0.15) is 26.3 Å². The molecule has 0 aromatic heterocycles. The van der Waals surface area contributed by atoms with Crippen LogP contribution in [0.15, 0.2) is 47.1 Å². The number of aromatic hydroxyl groups is 1. The molecule has 1 aliphatic carbocycles. The Morgan fingerprint density at radius 1 is 1.04 bits per heavy atom. The summed E-state index contributed by atoms with van der Waals surface area (Å²) >= 11 is 2.01. The highest BCUT2D eigenvalue weighted by molar-refractivity contribution is 14.1. The van der Waals surface area contributed by atoms with E-state index in [1.807, 2.05) is 42.5 Å². The van der Waals surface area contributed by atoms with Gasteiger partial charge < -0.3 is 19.5 Å². The number of hydrogen-bond acceptors (Lipinski definition) is 6. The quantitative estimate of drug-likeness (QED) is 0.0925. The molecule has 4 atom stereocenters. The van der Waals surface area contributed by atoms with Gasteiger partial charge in [-0.1, -0.05) is 31.1 Å². The van der Waals surface area contributed by atoms with E-state index < -0.39 is 72.0 Å². The van der Waals surface area contributed by atoms with Crippen molar-refractivity contribution in [1.82, 2.24) is 0 Å². The molecule has 2 aromatic carbocycles. The summed E-state index contributed by atoms with van der Waals surface area (Å²) < 4.78 is 93.7. The molecule has 15 heteroatoms. The van der Waals surface area contributed by atoms with Gasteiger partial charge in [0.05, 0.1) is 45.4 Å². The zero-order chi connectivity index (χ0) is 35.3. The van der Waals surface area contributed by atoms with Crippen LogP contribution in [0.2, 0.25) is 6.32 Å². The number of benzene rings is 2. The highest BCUT2D eigenvalue weighted by Gasteiger charge is 2.57. The van der Waals surface area contributed by atoms with Crippen LogP contribution in [0.5, 0.6) is 11.5 Å². The molecule has 2 aliphatic heterocycles. The second-order valence-electron chi connectivity index (χ2n) is 12.2. The average molecular weight is 791 g/mol. The molecule has 0 saturated carbocycles. The Hall–Kier alpha value is -3.05. The molecule has 258 valence electrons. The van der Waals surface area contributed by atoms with E-state index in [1.54, 1.807) is 12.1 Å². The van der Waals surface area contributed by atoms with E-state index in [4.69, 9.17) is 9.39 Å². The van der Waals surface area contributed by atoms with Crippen molar-refractivity contribution in [3.63, 3.8) is 0 Å². The minimum absolute atomic E-state index is 0.0333. The number of fused-ring (bicyclic) bond motifs is 3. The lowest BCUT2D eigenvalue weighted by Crippen LogP contribution is -2.46. The van der Waals surface area contributed by atoms with Crippen LogP contribution >= 0.6 is 22.6 Å². The first-order valence-corrected chi connectivity index (χ1v) is 16.5. The summed E-state index contributed by atoms with van der Waals surface area (Å²) in [4.78, 5) is 28.1. The summed E-state index contributed by atoms with van der Waals surface area (Å²) in [6.45, 7) is 3.84.